The summed E-state index contributed by atoms with van der Waals surface area (Å²) in [5, 5.41) is 28.7. The van der Waals surface area contributed by atoms with E-state index in [-0.39, 0.29) is 17.6 Å². The lowest BCUT2D eigenvalue weighted by molar-refractivity contribution is 0.0685. The Labute approximate surface area is 142 Å². The number of phenolic OH excluding ortho intramolecular Hbond substituents is 2. The van der Waals surface area contributed by atoms with Gasteiger partial charge in [-0.1, -0.05) is 36.4 Å². The first-order valence-corrected chi connectivity index (χ1v) is 8.03. The second-order valence-corrected chi connectivity index (χ2v) is 5.82. The average Bonchev–Trinajstić information content (AvgIpc) is 2.59. The van der Waals surface area contributed by atoms with Crippen LogP contribution < -0.4 is 0 Å². The topological polar surface area (TPSA) is 69.9 Å². The number of aromatic hydroxyl groups is 2. The molecule has 128 valence electrons. The van der Waals surface area contributed by atoms with Gasteiger partial charge in [0, 0.05) is 13.5 Å². The van der Waals surface area contributed by atoms with Crippen molar-refractivity contribution < 1.29 is 20.1 Å². The summed E-state index contributed by atoms with van der Waals surface area (Å²) in [6, 6.07) is 13.9. The molecule has 0 heterocycles. The van der Waals surface area contributed by atoms with Crippen molar-refractivity contribution in [1.29, 1.82) is 0 Å². The third-order valence-corrected chi connectivity index (χ3v) is 3.91. The lowest BCUT2D eigenvalue weighted by Gasteiger charge is -2.16. The van der Waals surface area contributed by atoms with Crippen LogP contribution in [-0.2, 0) is 11.2 Å². The number of phenols is 2. The quantitative estimate of drug-likeness (QED) is 0.693. The maximum absolute atomic E-state index is 10.2. The van der Waals surface area contributed by atoms with E-state index >= 15 is 0 Å². The fraction of sp³-hybridized carbons (Fsp3) is 0.300. The number of rotatable bonds is 8. The Kier molecular flexibility index (Phi) is 6.85. The van der Waals surface area contributed by atoms with Crippen LogP contribution in [0.1, 0.15) is 24.0 Å². The van der Waals surface area contributed by atoms with E-state index in [1.807, 2.05) is 36.4 Å². The molecule has 0 aliphatic heterocycles. The van der Waals surface area contributed by atoms with Gasteiger partial charge in [0.2, 0.25) is 0 Å². The van der Waals surface area contributed by atoms with E-state index in [4.69, 9.17) is 4.74 Å². The Morgan fingerprint density at radius 1 is 0.958 bits per heavy atom. The summed E-state index contributed by atoms with van der Waals surface area (Å²) in [7, 11) is 1.62. The zero-order chi connectivity index (χ0) is 17.4. The van der Waals surface area contributed by atoms with E-state index in [2.05, 4.69) is 0 Å². The highest BCUT2D eigenvalue weighted by molar-refractivity contribution is 5.50. The van der Waals surface area contributed by atoms with Crippen molar-refractivity contribution in [2.24, 2.45) is 0 Å². The summed E-state index contributed by atoms with van der Waals surface area (Å²) >= 11 is 0. The van der Waals surface area contributed by atoms with E-state index in [9.17, 15) is 15.3 Å². The zero-order valence-corrected chi connectivity index (χ0v) is 13.8. The summed E-state index contributed by atoms with van der Waals surface area (Å²) < 4.78 is 5.40. The first kappa shape index (κ1) is 18.0. The number of methoxy groups -OCH3 is 1. The monoisotopic (exact) mass is 328 g/mol. The molecule has 4 heteroatoms. The van der Waals surface area contributed by atoms with Gasteiger partial charge < -0.3 is 20.1 Å². The second-order valence-electron chi connectivity index (χ2n) is 5.82. The molecule has 0 spiro atoms. The smallest absolute Gasteiger partial charge is 0.115 e. The molecule has 2 atom stereocenters. The predicted octanol–water partition coefficient (Wildman–Crippen LogP) is 3.51. The van der Waals surface area contributed by atoms with E-state index < -0.39 is 6.10 Å². The number of aliphatic hydroxyl groups excluding tert-OH is 1. The molecule has 0 radical (unpaired) electrons. The number of aryl methyl sites for hydroxylation is 1. The summed E-state index contributed by atoms with van der Waals surface area (Å²) in [4.78, 5) is 0. The third-order valence-electron chi connectivity index (χ3n) is 3.91. The molecule has 0 saturated carbocycles. The van der Waals surface area contributed by atoms with Crippen molar-refractivity contribution in [3.05, 3.63) is 65.7 Å². The van der Waals surface area contributed by atoms with Crippen molar-refractivity contribution in [2.45, 2.75) is 31.5 Å². The first-order chi connectivity index (χ1) is 11.6. The van der Waals surface area contributed by atoms with Gasteiger partial charge in [-0.3, -0.25) is 0 Å². The van der Waals surface area contributed by atoms with Gasteiger partial charge in [-0.25, -0.2) is 0 Å². The molecule has 0 aromatic heterocycles. The van der Waals surface area contributed by atoms with Crippen molar-refractivity contribution in [3.8, 4) is 11.5 Å². The van der Waals surface area contributed by atoms with Crippen molar-refractivity contribution in [3.63, 3.8) is 0 Å². The van der Waals surface area contributed by atoms with E-state index in [1.165, 1.54) is 0 Å². The minimum absolute atomic E-state index is 0.173. The molecule has 2 rings (SSSR count). The number of benzene rings is 2. The number of hydrogen-bond donors (Lipinski definition) is 3. The molecule has 0 amide bonds. The van der Waals surface area contributed by atoms with Gasteiger partial charge in [0.15, 0.2) is 0 Å². The number of hydrogen-bond acceptors (Lipinski definition) is 4. The first-order valence-electron chi connectivity index (χ1n) is 8.03. The number of aliphatic hydroxyl groups is 1. The lowest BCUT2D eigenvalue weighted by Crippen LogP contribution is -2.18. The van der Waals surface area contributed by atoms with Crippen LogP contribution in [0.25, 0.3) is 6.08 Å². The minimum Gasteiger partial charge on any atom is -0.508 e. The average molecular weight is 328 g/mol. The van der Waals surface area contributed by atoms with E-state index in [1.54, 1.807) is 31.4 Å². The molecular formula is C20H24O4. The standard InChI is InChI=1S/C20H24O4/c1-24-20(13-7-16-4-10-18(22)11-5-16)14-19(23)12-6-15-2-8-17(21)9-3-15/h2-5,7-11,13,19-23H,6,12,14H2,1H3/b13-7+/t19-,20?/m0/s1. The highest BCUT2D eigenvalue weighted by atomic mass is 16.5. The third kappa shape index (κ3) is 6.07. The maximum Gasteiger partial charge on any atom is 0.115 e. The molecular weight excluding hydrogens is 304 g/mol. The van der Waals surface area contributed by atoms with Crippen LogP contribution in [0.2, 0.25) is 0 Å². The molecule has 3 N–H and O–H groups in total. The van der Waals surface area contributed by atoms with Gasteiger partial charge in [0.05, 0.1) is 12.2 Å². The minimum atomic E-state index is -0.465. The zero-order valence-electron chi connectivity index (χ0n) is 13.8. The normalized spacial score (nSPS) is 13.9. The molecule has 0 aliphatic rings. The summed E-state index contributed by atoms with van der Waals surface area (Å²) in [5.74, 6) is 0.484. The largest absolute Gasteiger partial charge is 0.508 e. The predicted molar refractivity (Wildman–Crippen MR) is 95.0 cm³/mol. The van der Waals surface area contributed by atoms with Crippen molar-refractivity contribution in [1.82, 2.24) is 0 Å². The van der Waals surface area contributed by atoms with Gasteiger partial charge in [-0.15, -0.1) is 0 Å². The molecule has 4 nitrogen and oxygen atoms in total. The van der Waals surface area contributed by atoms with Gasteiger partial charge in [0.25, 0.3) is 0 Å². The second kappa shape index (κ2) is 9.11. The Morgan fingerprint density at radius 3 is 2.12 bits per heavy atom. The summed E-state index contributed by atoms with van der Waals surface area (Å²) in [6.07, 6.45) is 5.10. The molecule has 0 fully saturated rings. The fourth-order valence-corrected chi connectivity index (χ4v) is 2.44. The van der Waals surface area contributed by atoms with Crippen molar-refractivity contribution >= 4 is 6.08 Å². The molecule has 1 unspecified atom stereocenters. The molecule has 0 saturated heterocycles. The van der Waals surface area contributed by atoms with E-state index in [0.717, 1.165) is 17.5 Å². The number of ether oxygens (including phenoxy) is 1. The fourth-order valence-electron chi connectivity index (χ4n) is 2.44. The Bertz CT molecular complexity index is 632. The Balaban J connectivity index is 1.82. The lowest BCUT2D eigenvalue weighted by atomic mass is 10.0. The Morgan fingerprint density at radius 2 is 1.54 bits per heavy atom. The van der Waals surface area contributed by atoms with Crippen LogP contribution >= 0.6 is 0 Å². The molecule has 2 aromatic rings. The molecule has 24 heavy (non-hydrogen) atoms. The van der Waals surface area contributed by atoms with Crippen LogP contribution in [0.15, 0.2) is 54.6 Å². The Hall–Kier alpha value is -2.30. The van der Waals surface area contributed by atoms with Crippen LogP contribution in [0.3, 0.4) is 0 Å². The van der Waals surface area contributed by atoms with Crippen LogP contribution in [-0.4, -0.2) is 34.6 Å². The molecule has 0 aliphatic carbocycles. The SMILES string of the molecule is COC(/C=C/c1ccc(O)cc1)C[C@@H](O)CCc1ccc(O)cc1. The molecule has 0 bridgehead atoms. The van der Waals surface area contributed by atoms with Gasteiger partial charge in [-0.05, 0) is 48.2 Å². The van der Waals surface area contributed by atoms with Crippen molar-refractivity contribution in [2.75, 3.05) is 7.11 Å². The highest BCUT2D eigenvalue weighted by Gasteiger charge is 2.11. The van der Waals surface area contributed by atoms with Crippen LogP contribution in [0.4, 0.5) is 0 Å². The van der Waals surface area contributed by atoms with E-state index in [0.29, 0.717) is 12.8 Å². The van der Waals surface area contributed by atoms with Gasteiger partial charge in [0.1, 0.15) is 11.5 Å². The van der Waals surface area contributed by atoms with Crippen LogP contribution in [0.5, 0.6) is 11.5 Å². The highest BCUT2D eigenvalue weighted by Crippen LogP contribution is 2.16. The maximum atomic E-state index is 10.2. The summed E-state index contributed by atoms with van der Waals surface area (Å²) in [5.41, 5.74) is 2.05. The van der Waals surface area contributed by atoms with Gasteiger partial charge in [-0.2, -0.15) is 0 Å². The van der Waals surface area contributed by atoms with Crippen LogP contribution in [0, 0.1) is 0 Å². The van der Waals surface area contributed by atoms with Gasteiger partial charge >= 0.3 is 0 Å². The molecule has 2 aromatic carbocycles. The summed E-state index contributed by atoms with van der Waals surface area (Å²) in [6.45, 7) is 0.